The highest BCUT2D eigenvalue weighted by Gasteiger charge is 2.19. The van der Waals surface area contributed by atoms with Crippen molar-refractivity contribution in [2.24, 2.45) is 0 Å². The first-order valence-electron chi connectivity index (χ1n) is 11.0. The Labute approximate surface area is 195 Å². The van der Waals surface area contributed by atoms with E-state index in [2.05, 4.69) is 27.7 Å². The SMILES string of the molecule is OC(CNc1nc(CN2CCOCC2)nc2scc(-c3ccccc3)c12)c1ccccc1F. The van der Waals surface area contributed by atoms with Crippen molar-refractivity contribution in [1.82, 2.24) is 14.9 Å². The summed E-state index contributed by atoms with van der Waals surface area (Å²) in [6, 6.07) is 16.4. The topological polar surface area (TPSA) is 70.5 Å². The van der Waals surface area contributed by atoms with Gasteiger partial charge in [-0.05, 0) is 11.6 Å². The van der Waals surface area contributed by atoms with E-state index in [4.69, 9.17) is 14.7 Å². The minimum atomic E-state index is -1.00. The summed E-state index contributed by atoms with van der Waals surface area (Å²) in [5.74, 6) is 0.945. The van der Waals surface area contributed by atoms with E-state index in [0.29, 0.717) is 31.4 Å². The second-order valence-corrected chi connectivity index (χ2v) is 8.85. The minimum absolute atomic E-state index is 0.133. The van der Waals surface area contributed by atoms with E-state index >= 15 is 0 Å². The number of benzene rings is 2. The van der Waals surface area contributed by atoms with Crippen molar-refractivity contribution in [3.63, 3.8) is 0 Å². The van der Waals surface area contributed by atoms with Crippen LogP contribution in [0.4, 0.5) is 10.2 Å². The van der Waals surface area contributed by atoms with Gasteiger partial charge < -0.3 is 15.2 Å². The number of halogens is 1. The molecular formula is C25H25FN4O2S. The molecule has 1 saturated heterocycles. The Balaban J connectivity index is 1.49. The zero-order valence-corrected chi connectivity index (χ0v) is 18.9. The van der Waals surface area contributed by atoms with Crippen molar-refractivity contribution in [2.75, 3.05) is 38.2 Å². The van der Waals surface area contributed by atoms with E-state index in [1.807, 2.05) is 18.2 Å². The first-order chi connectivity index (χ1) is 16.2. The lowest BCUT2D eigenvalue weighted by Crippen LogP contribution is -2.36. The molecule has 1 unspecified atom stereocenters. The Morgan fingerprint density at radius 1 is 1.06 bits per heavy atom. The third-order valence-corrected chi connectivity index (χ3v) is 6.63. The molecule has 0 amide bonds. The van der Waals surface area contributed by atoms with Crippen LogP contribution in [-0.2, 0) is 11.3 Å². The van der Waals surface area contributed by atoms with Crippen molar-refractivity contribution in [2.45, 2.75) is 12.6 Å². The fourth-order valence-corrected chi connectivity index (χ4v) is 4.99. The molecule has 2 N–H and O–H groups in total. The van der Waals surface area contributed by atoms with Gasteiger partial charge in [-0.3, -0.25) is 4.90 Å². The lowest BCUT2D eigenvalue weighted by molar-refractivity contribution is 0.0331. The Morgan fingerprint density at radius 3 is 2.61 bits per heavy atom. The van der Waals surface area contributed by atoms with E-state index in [1.165, 1.54) is 6.07 Å². The number of aliphatic hydroxyl groups is 1. The van der Waals surface area contributed by atoms with Crippen LogP contribution in [0.25, 0.3) is 21.3 Å². The highest BCUT2D eigenvalue weighted by atomic mass is 32.1. The fourth-order valence-electron chi connectivity index (χ4n) is 4.02. The number of nitrogens with zero attached hydrogens (tertiary/aromatic N) is 3. The van der Waals surface area contributed by atoms with Crippen molar-refractivity contribution in [3.05, 3.63) is 77.2 Å². The number of aliphatic hydroxyl groups excluding tert-OH is 1. The van der Waals surface area contributed by atoms with Gasteiger partial charge in [0.2, 0.25) is 0 Å². The molecule has 170 valence electrons. The van der Waals surface area contributed by atoms with Crippen molar-refractivity contribution < 1.29 is 14.2 Å². The van der Waals surface area contributed by atoms with Crippen LogP contribution in [0, 0.1) is 5.82 Å². The van der Waals surface area contributed by atoms with Gasteiger partial charge in [-0.2, -0.15) is 0 Å². The maximum atomic E-state index is 14.2. The maximum absolute atomic E-state index is 14.2. The second kappa shape index (κ2) is 9.93. The molecule has 3 heterocycles. The molecule has 1 aliphatic rings. The minimum Gasteiger partial charge on any atom is -0.386 e. The average molecular weight is 465 g/mol. The van der Waals surface area contributed by atoms with Gasteiger partial charge in [0.05, 0.1) is 31.2 Å². The normalized spacial score (nSPS) is 15.6. The standard InChI is InChI=1S/C25H25FN4O2S/c26-20-9-5-4-8-18(20)21(31)14-27-24-23-19(17-6-2-1-3-7-17)16-33-25(23)29-22(28-24)15-30-10-12-32-13-11-30/h1-9,16,21,31H,10-15H2,(H,27,28,29). The highest BCUT2D eigenvalue weighted by molar-refractivity contribution is 7.17. The van der Waals surface area contributed by atoms with Crippen molar-refractivity contribution in [1.29, 1.82) is 0 Å². The van der Waals surface area contributed by atoms with Crippen LogP contribution in [0.2, 0.25) is 0 Å². The van der Waals surface area contributed by atoms with Crippen LogP contribution in [0.1, 0.15) is 17.5 Å². The number of fused-ring (bicyclic) bond motifs is 1. The number of hydrogen-bond acceptors (Lipinski definition) is 7. The van der Waals surface area contributed by atoms with Gasteiger partial charge in [0, 0.05) is 36.1 Å². The molecule has 0 aliphatic carbocycles. The van der Waals surface area contributed by atoms with Gasteiger partial charge in [-0.1, -0.05) is 48.5 Å². The van der Waals surface area contributed by atoms with Crippen LogP contribution >= 0.6 is 11.3 Å². The molecule has 2 aromatic heterocycles. The Morgan fingerprint density at radius 2 is 1.82 bits per heavy atom. The van der Waals surface area contributed by atoms with Crippen LogP contribution in [0.3, 0.4) is 0 Å². The molecule has 0 saturated carbocycles. The van der Waals surface area contributed by atoms with Gasteiger partial charge in [-0.25, -0.2) is 14.4 Å². The van der Waals surface area contributed by atoms with Crippen LogP contribution in [0.5, 0.6) is 0 Å². The van der Waals surface area contributed by atoms with Gasteiger partial charge in [0.1, 0.15) is 22.3 Å². The number of aromatic nitrogens is 2. The van der Waals surface area contributed by atoms with Crippen molar-refractivity contribution >= 4 is 27.4 Å². The molecule has 0 spiro atoms. The van der Waals surface area contributed by atoms with E-state index in [-0.39, 0.29) is 12.1 Å². The molecule has 0 radical (unpaired) electrons. The van der Waals surface area contributed by atoms with Crippen LogP contribution in [0.15, 0.2) is 60.0 Å². The molecule has 5 rings (SSSR count). The van der Waals surface area contributed by atoms with E-state index in [0.717, 1.165) is 34.4 Å². The molecule has 1 fully saturated rings. The molecular weight excluding hydrogens is 439 g/mol. The van der Waals surface area contributed by atoms with E-state index in [9.17, 15) is 9.50 Å². The molecule has 1 aliphatic heterocycles. The lowest BCUT2D eigenvalue weighted by Gasteiger charge is -2.26. The zero-order chi connectivity index (χ0) is 22.6. The van der Waals surface area contributed by atoms with E-state index in [1.54, 1.807) is 29.5 Å². The van der Waals surface area contributed by atoms with Gasteiger partial charge in [-0.15, -0.1) is 11.3 Å². The number of morpholine rings is 1. The molecule has 2 aromatic carbocycles. The lowest BCUT2D eigenvalue weighted by atomic mass is 10.1. The predicted molar refractivity (Wildman–Crippen MR) is 129 cm³/mol. The van der Waals surface area contributed by atoms with Crippen LogP contribution < -0.4 is 5.32 Å². The Hall–Kier alpha value is -2.91. The second-order valence-electron chi connectivity index (χ2n) is 7.99. The number of rotatable bonds is 7. The summed E-state index contributed by atoms with van der Waals surface area (Å²) >= 11 is 1.58. The Kier molecular flexibility index (Phi) is 6.59. The number of nitrogens with one attached hydrogen (secondary N) is 1. The summed E-state index contributed by atoms with van der Waals surface area (Å²) in [4.78, 5) is 12.8. The van der Waals surface area contributed by atoms with Crippen molar-refractivity contribution in [3.8, 4) is 11.1 Å². The predicted octanol–water partition coefficient (Wildman–Crippen LogP) is 4.48. The third kappa shape index (κ3) is 4.89. The monoisotopic (exact) mass is 464 g/mol. The summed E-state index contributed by atoms with van der Waals surface area (Å²) in [6.07, 6.45) is -1.00. The summed E-state index contributed by atoms with van der Waals surface area (Å²) in [5, 5.41) is 16.9. The number of ether oxygens (including phenoxy) is 1. The first kappa shape index (κ1) is 21.9. The number of thiophene rings is 1. The maximum Gasteiger partial charge on any atom is 0.146 e. The summed E-state index contributed by atoms with van der Waals surface area (Å²) in [5.41, 5.74) is 2.37. The first-order valence-corrected chi connectivity index (χ1v) is 11.9. The average Bonchev–Trinajstić information content (AvgIpc) is 3.28. The molecule has 6 nitrogen and oxygen atoms in total. The summed E-state index contributed by atoms with van der Waals surface area (Å²) < 4.78 is 19.6. The van der Waals surface area contributed by atoms with E-state index < -0.39 is 11.9 Å². The van der Waals surface area contributed by atoms with Crippen LogP contribution in [-0.4, -0.2) is 52.8 Å². The number of anilines is 1. The smallest absolute Gasteiger partial charge is 0.146 e. The highest BCUT2D eigenvalue weighted by Crippen LogP contribution is 2.37. The van der Waals surface area contributed by atoms with Gasteiger partial charge >= 0.3 is 0 Å². The van der Waals surface area contributed by atoms with Gasteiger partial charge in [0.25, 0.3) is 0 Å². The fraction of sp³-hybridized carbons (Fsp3) is 0.280. The molecule has 0 bridgehead atoms. The zero-order valence-electron chi connectivity index (χ0n) is 18.1. The number of hydrogen-bond donors (Lipinski definition) is 2. The summed E-state index contributed by atoms with van der Waals surface area (Å²) in [7, 11) is 0. The molecule has 8 heteroatoms. The van der Waals surface area contributed by atoms with Gasteiger partial charge in [0.15, 0.2) is 0 Å². The quantitative estimate of drug-likeness (QED) is 0.420. The molecule has 33 heavy (non-hydrogen) atoms. The largest absolute Gasteiger partial charge is 0.386 e. The molecule has 1 atom stereocenters. The third-order valence-electron chi connectivity index (χ3n) is 5.76. The molecule has 4 aromatic rings. The Bertz CT molecular complexity index is 1230. The summed E-state index contributed by atoms with van der Waals surface area (Å²) in [6.45, 7) is 3.86.